The summed E-state index contributed by atoms with van der Waals surface area (Å²) in [5.74, 6) is 0.226. The summed E-state index contributed by atoms with van der Waals surface area (Å²) in [5, 5.41) is 1.26. The SMILES string of the molecule is Cc1ccc(N2C(=O)C3C4CC(C3C2=O)C2C4Sc3[nH]c(=O)sc3C2(C)C)cc1. The van der Waals surface area contributed by atoms with Crippen molar-refractivity contribution in [3.8, 4) is 0 Å². The minimum atomic E-state index is -0.217. The first kappa shape index (κ1) is 18.0. The largest absolute Gasteiger partial charge is 0.307 e. The van der Waals surface area contributed by atoms with Crippen molar-refractivity contribution in [1.29, 1.82) is 0 Å². The maximum absolute atomic E-state index is 13.5. The number of imide groups is 1. The highest BCUT2D eigenvalue weighted by molar-refractivity contribution is 8.00. The zero-order chi connectivity index (χ0) is 20.2. The van der Waals surface area contributed by atoms with Crippen LogP contribution in [0.1, 0.15) is 30.7 Å². The molecule has 6 rings (SSSR count). The van der Waals surface area contributed by atoms with Crippen molar-refractivity contribution in [2.45, 2.75) is 42.9 Å². The number of thioether (sulfide) groups is 1. The second-order valence-corrected chi connectivity index (χ2v) is 11.6. The smallest absolute Gasteiger partial charge is 0.305 e. The van der Waals surface area contributed by atoms with Gasteiger partial charge in [0.25, 0.3) is 0 Å². The highest BCUT2D eigenvalue weighted by atomic mass is 32.2. The molecule has 2 bridgehead atoms. The maximum Gasteiger partial charge on any atom is 0.305 e. The highest BCUT2D eigenvalue weighted by Crippen LogP contribution is 2.69. The Bertz CT molecular complexity index is 1120. The fraction of sp³-hybridized carbons (Fsp3) is 0.500. The number of thiazole rings is 1. The molecule has 4 aliphatic rings. The minimum absolute atomic E-state index is 0.0132. The average Bonchev–Trinajstić information content (AvgIpc) is 3.38. The van der Waals surface area contributed by atoms with Crippen LogP contribution in [0.15, 0.2) is 34.1 Å². The van der Waals surface area contributed by atoms with E-state index in [1.165, 1.54) is 16.2 Å². The summed E-state index contributed by atoms with van der Waals surface area (Å²) >= 11 is 3.04. The van der Waals surface area contributed by atoms with Gasteiger partial charge in [-0.25, -0.2) is 0 Å². The third-order valence-electron chi connectivity index (χ3n) is 7.68. The Balaban J connectivity index is 1.42. The van der Waals surface area contributed by atoms with E-state index in [0.717, 1.165) is 21.9 Å². The first-order chi connectivity index (χ1) is 13.8. The number of nitrogens with one attached hydrogen (secondary N) is 1. The van der Waals surface area contributed by atoms with Gasteiger partial charge in [0.1, 0.15) is 0 Å². The van der Waals surface area contributed by atoms with Gasteiger partial charge in [-0.15, -0.1) is 11.8 Å². The predicted molar refractivity (Wildman–Crippen MR) is 113 cm³/mol. The number of anilines is 1. The van der Waals surface area contributed by atoms with Gasteiger partial charge < -0.3 is 4.98 Å². The van der Waals surface area contributed by atoms with E-state index in [2.05, 4.69) is 18.8 Å². The molecule has 1 aromatic heterocycles. The molecule has 0 radical (unpaired) electrons. The molecule has 2 aliphatic heterocycles. The Labute approximate surface area is 176 Å². The molecule has 1 aromatic carbocycles. The van der Waals surface area contributed by atoms with Crippen molar-refractivity contribution in [3.05, 3.63) is 44.4 Å². The average molecular weight is 427 g/mol. The number of H-pyrrole nitrogens is 1. The summed E-state index contributed by atoms with van der Waals surface area (Å²) < 4.78 is 0. The Hall–Kier alpha value is -1.86. The molecule has 3 fully saturated rings. The number of aryl methyl sites for hydroxylation is 1. The van der Waals surface area contributed by atoms with E-state index in [9.17, 15) is 14.4 Å². The lowest BCUT2D eigenvalue weighted by molar-refractivity contribution is -0.123. The van der Waals surface area contributed by atoms with E-state index < -0.39 is 0 Å². The molecule has 5 nitrogen and oxygen atoms in total. The molecular weight excluding hydrogens is 404 g/mol. The third-order valence-corrected chi connectivity index (χ3v) is 10.5. The van der Waals surface area contributed by atoms with Gasteiger partial charge in [-0.3, -0.25) is 19.3 Å². The molecule has 3 heterocycles. The number of fused-ring (bicyclic) bond motifs is 9. The molecule has 2 aliphatic carbocycles. The molecule has 2 amide bonds. The number of aromatic nitrogens is 1. The predicted octanol–water partition coefficient (Wildman–Crippen LogP) is 3.57. The van der Waals surface area contributed by atoms with Crippen LogP contribution in [-0.4, -0.2) is 22.0 Å². The lowest BCUT2D eigenvalue weighted by Gasteiger charge is -2.47. The highest BCUT2D eigenvalue weighted by Gasteiger charge is 2.70. The first-order valence-corrected chi connectivity index (χ1v) is 11.8. The van der Waals surface area contributed by atoms with Crippen LogP contribution in [0.2, 0.25) is 0 Å². The fourth-order valence-corrected chi connectivity index (χ4v) is 9.76. The second-order valence-electron chi connectivity index (χ2n) is 9.47. The van der Waals surface area contributed by atoms with Crippen molar-refractivity contribution in [2.75, 3.05) is 4.90 Å². The Morgan fingerprint density at radius 2 is 1.69 bits per heavy atom. The molecule has 2 saturated carbocycles. The van der Waals surface area contributed by atoms with Crippen LogP contribution < -0.4 is 9.77 Å². The summed E-state index contributed by atoms with van der Waals surface area (Å²) in [7, 11) is 0. The number of carbonyl (C=O) groups excluding carboxylic acids is 2. The number of rotatable bonds is 1. The van der Waals surface area contributed by atoms with E-state index in [0.29, 0.717) is 11.6 Å². The summed E-state index contributed by atoms with van der Waals surface area (Å²) in [6, 6.07) is 7.65. The summed E-state index contributed by atoms with van der Waals surface area (Å²) in [6.07, 6.45) is 0.944. The van der Waals surface area contributed by atoms with E-state index in [4.69, 9.17) is 0 Å². The van der Waals surface area contributed by atoms with E-state index in [1.54, 1.807) is 11.8 Å². The number of nitrogens with zero attached hydrogens (tertiary/aromatic N) is 1. The van der Waals surface area contributed by atoms with E-state index in [1.807, 2.05) is 31.2 Å². The lowest BCUT2D eigenvalue weighted by Crippen LogP contribution is -2.48. The molecule has 7 heteroatoms. The lowest BCUT2D eigenvalue weighted by atomic mass is 9.64. The van der Waals surface area contributed by atoms with Gasteiger partial charge in [-0.2, -0.15) is 0 Å². The minimum Gasteiger partial charge on any atom is -0.307 e. The van der Waals surface area contributed by atoms with Gasteiger partial charge in [0.05, 0.1) is 22.5 Å². The maximum atomic E-state index is 13.5. The van der Waals surface area contributed by atoms with Crippen molar-refractivity contribution >= 4 is 40.6 Å². The van der Waals surface area contributed by atoms with Crippen molar-refractivity contribution in [3.63, 3.8) is 0 Å². The standard InChI is InChI=1S/C22H22N2O3S2/c1-9-4-6-10(7-5-9)24-19(25)13-11-8-12(14(13)20(24)26)16-15(11)22(2,3)17-18(28-16)23-21(27)29-17/h4-7,11-16H,8H2,1-3H3,(H,23,27). The van der Waals surface area contributed by atoms with Crippen LogP contribution in [0.3, 0.4) is 0 Å². The summed E-state index contributed by atoms with van der Waals surface area (Å²) in [4.78, 5) is 44.4. The van der Waals surface area contributed by atoms with Crippen LogP contribution in [0.4, 0.5) is 5.69 Å². The van der Waals surface area contributed by atoms with Gasteiger partial charge >= 0.3 is 4.87 Å². The topological polar surface area (TPSA) is 70.2 Å². The third kappa shape index (κ3) is 2.15. The molecule has 6 unspecified atom stereocenters. The normalized spacial score (nSPS) is 36.3. The van der Waals surface area contributed by atoms with E-state index >= 15 is 0 Å². The van der Waals surface area contributed by atoms with Gasteiger partial charge in [-0.05, 0) is 43.2 Å². The molecule has 0 spiro atoms. The molecule has 6 atom stereocenters. The number of amides is 2. The monoisotopic (exact) mass is 426 g/mol. The van der Waals surface area contributed by atoms with Gasteiger partial charge in [0, 0.05) is 15.5 Å². The van der Waals surface area contributed by atoms with Crippen molar-refractivity contribution in [1.82, 2.24) is 4.98 Å². The van der Waals surface area contributed by atoms with Gasteiger partial charge in [0.2, 0.25) is 11.8 Å². The molecule has 2 aromatic rings. The van der Waals surface area contributed by atoms with Crippen LogP contribution in [-0.2, 0) is 15.0 Å². The Kier molecular flexibility index (Phi) is 3.49. The summed E-state index contributed by atoms with van der Waals surface area (Å²) in [6.45, 7) is 6.42. The number of benzene rings is 1. The number of hydrogen-bond acceptors (Lipinski definition) is 5. The number of carbonyl (C=O) groups is 2. The van der Waals surface area contributed by atoms with Crippen LogP contribution >= 0.6 is 23.1 Å². The first-order valence-electron chi connectivity index (χ1n) is 10.1. The second kappa shape index (κ2) is 5.64. The quantitative estimate of drug-likeness (QED) is 0.708. The van der Waals surface area contributed by atoms with Crippen LogP contribution in [0, 0.1) is 36.5 Å². The molecular formula is C22H22N2O3S2. The van der Waals surface area contributed by atoms with Crippen molar-refractivity contribution in [2.24, 2.45) is 29.6 Å². The van der Waals surface area contributed by atoms with Gasteiger partial charge in [-0.1, -0.05) is 42.9 Å². The molecule has 29 heavy (non-hydrogen) atoms. The van der Waals surface area contributed by atoms with E-state index in [-0.39, 0.29) is 51.0 Å². The fourth-order valence-electron chi connectivity index (χ4n) is 6.60. The molecule has 150 valence electrons. The van der Waals surface area contributed by atoms with Crippen LogP contribution in [0.25, 0.3) is 0 Å². The van der Waals surface area contributed by atoms with Gasteiger partial charge in [0.15, 0.2) is 0 Å². The molecule has 1 saturated heterocycles. The number of aromatic amines is 1. The van der Waals surface area contributed by atoms with Crippen molar-refractivity contribution < 1.29 is 9.59 Å². The van der Waals surface area contributed by atoms with Crippen LogP contribution in [0.5, 0.6) is 0 Å². The number of hydrogen-bond donors (Lipinski definition) is 1. The molecule has 1 N–H and O–H groups in total. The summed E-state index contributed by atoms with van der Waals surface area (Å²) in [5.41, 5.74) is 1.63. The zero-order valence-electron chi connectivity index (χ0n) is 16.5. The zero-order valence-corrected chi connectivity index (χ0v) is 18.1. The Morgan fingerprint density at radius 3 is 2.38 bits per heavy atom. The Morgan fingerprint density at radius 1 is 1.03 bits per heavy atom.